The molecule has 1 saturated heterocycles. The van der Waals surface area contributed by atoms with Crippen LogP contribution in [0, 0.1) is 5.41 Å². The molecule has 4 rings (SSSR count). The minimum Gasteiger partial charge on any atom is -0.480 e. The quantitative estimate of drug-likeness (QED) is 0.717. The van der Waals surface area contributed by atoms with Crippen LogP contribution in [0.15, 0.2) is 48.5 Å². The van der Waals surface area contributed by atoms with Crippen LogP contribution < -0.4 is 5.32 Å². The van der Waals surface area contributed by atoms with Gasteiger partial charge >= 0.3 is 12.1 Å². The number of ether oxygens (including phenoxy) is 1. The van der Waals surface area contributed by atoms with Crippen LogP contribution in [0.3, 0.4) is 0 Å². The highest BCUT2D eigenvalue weighted by atomic mass is 16.5. The number of aliphatic carboxylic acids is 1. The second-order valence-electron chi connectivity index (χ2n) is 9.21. The van der Waals surface area contributed by atoms with E-state index in [1.165, 1.54) is 0 Å². The molecular weight excluding hydrogens is 380 g/mol. The van der Waals surface area contributed by atoms with Gasteiger partial charge in [-0.3, -0.25) is 0 Å². The average molecular weight is 410 g/mol. The number of carboxylic acids is 1. The van der Waals surface area contributed by atoms with Gasteiger partial charge in [-0.25, -0.2) is 9.59 Å². The molecule has 1 atom stereocenters. The highest BCUT2D eigenvalue weighted by molar-refractivity contribution is 5.82. The lowest BCUT2D eigenvalue weighted by Gasteiger charge is -2.55. The number of fused-ring (bicyclic) bond motifs is 3. The molecule has 0 saturated carbocycles. The number of likely N-dealkylation sites (tertiary alicyclic amines) is 1. The van der Waals surface area contributed by atoms with E-state index in [1.54, 1.807) is 0 Å². The molecule has 0 radical (unpaired) electrons. The number of quaternary nitrogens is 1. The molecule has 1 amide bonds. The lowest BCUT2D eigenvalue weighted by molar-refractivity contribution is -0.950. The van der Waals surface area contributed by atoms with E-state index in [-0.39, 0.29) is 12.5 Å². The molecule has 2 N–H and O–H groups in total. The molecule has 0 aromatic heterocycles. The van der Waals surface area contributed by atoms with Crippen LogP contribution in [-0.4, -0.2) is 61.5 Å². The van der Waals surface area contributed by atoms with E-state index in [0.717, 1.165) is 26.7 Å². The van der Waals surface area contributed by atoms with Gasteiger partial charge in [0.25, 0.3) is 0 Å². The third-order valence-electron chi connectivity index (χ3n) is 6.66. The second-order valence-corrected chi connectivity index (χ2v) is 9.21. The molecule has 1 aliphatic heterocycles. The number of nitrogens with one attached hydrogen (secondary N) is 1. The summed E-state index contributed by atoms with van der Waals surface area (Å²) in [5.74, 6) is -1.06. The first-order chi connectivity index (χ1) is 14.3. The van der Waals surface area contributed by atoms with Crippen molar-refractivity contribution in [1.29, 1.82) is 0 Å². The molecule has 6 nitrogen and oxygen atoms in total. The van der Waals surface area contributed by atoms with E-state index in [9.17, 15) is 14.7 Å². The third kappa shape index (κ3) is 3.45. The van der Waals surface area contributed by atoms with Crippen LogP contribution in [0.5, 0.6) is 0 Å². The van der Waals surface area contributed by atoms with Gasteiger partial charge in [0.05, 0.1) is 32.6 Å². The van der Waals surface area contributed by atoms with Gasteiger partial charge < -0.3 is 19.6 Å². The average Bonchev–Trinajstić information content (AvgIpc) is 3.02. The maximum Gasteiger partial charge on any atom is 0.407 e. The molecule has 1 aliphatic carbocycles. The third-order valence-corrected chi connectivity index (χ3v) is 6.66. The van der Waals surface area contributed by atoms with E-state index in [0.29, 0.717) is 19.5 Å². The van der Waals surface area contributed by atoms with Crippen LogP contribution >= 0.6 is 0 Å². The standard InChI is InChI=1S/C24H28N2O4/c1-4-24(14-26(2,3)15-24)21(22(27)28)25-23(29)30-13-20-18-11-7-5-9-16(18)17-10-6-8-12-19(17)20/h5-12,20-21H,4,13-15H2,1-3H3,(H-,25,27,28,29)/p+1/t21-/m0/s1. The zero-order valence-corrected chi connectivity index (χ0v) is 17.7. The van der Waals surface area contributed by atoms with Crippen LogP contribution in [0.2, 0.25) is 0 Å². The number of nitrogens with zero attached hydrogens (tertiary/aromatic N) is 1. The fourth-order valence-electron chi connectivity index (χ4n) is 5.50. The minimum atomic E-state index is -1.01. The predicted molar refractivity (Wildman–Crippen MR) is 114 cm³/mol. The Kier molecular flexibility index (Phi) is 5.06. The number of carboxylic acid groups (broad SMARTS) is 1. The molecule has 1 heterocycles. The number of carbonyl (C=O) groups is 2. The van der Waals surface area contributed by atoms with Crippen molar-refractivity contribution in [2.45, 2.75) is 25.3 Å². The van der Waals surface area contributed by atoms with Crippen molar-refractivity contribution in [3.63, 3.8) is 0 Å². The van der Waals surface area contributed by atoms with Crippen LogP contribution in [-0.2, 0) is 9.53 Å². The molecule has 2 aliphatic rings. The molecule has 2 aromatic carbocycles. The van der Waals surface area contributed by atoms with E-state index in [1.807, 2.05) is 31.2 Å². The van der Waals surface area contributed by atoms with Crippen molar-refractivity contribution in [2.75, 3.05) is 33.8 Å². The van der Waals surface area contributed by atoms with Gasteiger partial charge in [-0.15, -0.1) is 0 Å². The Morgan fingerprint density at radius 2 is 1.63 bits per heavy atom. The fourth-order valence-corrected chi connectivity index (χ4v) is 5.50. The number of carbonyl (C=O) groups excluding carboxylic acids is 1. The molecule has 0 unspecified atom stereocenters. The lowest BCUT2D eigenvalue weighted by Crippen LogP contribution is -2.73. The molecule has 158 valence electrons. The van der Waals surface area contributed by atoms with Gasteiger partial charge in [0.15, 0.2) is 0 Å². The van der Waals surface area contributed by atoms with Gasteiger partial charge in [0, 0.05) is 5.92 Å². The topological polar surface area (TPSA) is 75.6 Å². The van der Waals surface area contributed by atoms with Crippen molar-refractivity contribution >= 4 is 12.1 Å². The van der Waals surface area contributed by atoms with Crippen molar-refractivity contribution in [3.8, 4) is 11.1 Å². The van der Waals surface area contributed by atoms with Crippen LogP contribution in [0.1, 0.15) is 30.4 Å². The Hall–Kier alpha value is -2.86. The number of alkyl carbamates (subject to hydrolysis) is 1. The molecule has 0 bridgehead atoms. The Bertz CT molecular complexity index is 931. The Balaban J connectivity index is 1.47. The summed E-state index contributed by atoms with van der Waals surface area (Å²) in [5, 5.41) is 12.4. The first-order valence-corrected chi connectivity index (χ1v) is 10.4. The molecule has 0 spiro atoms. The summed E-state index contributed by atoms with van der Waals surface area (Å²) in [4.78, 5) is 24.6. The van der Waals surface area contributed by atoms with Crippen molar-refractivity contribution < 1.29 is 23.9 Å². The fraction of sp³-hybridized carbons (Fsp3) is 0.417. The summed E-state index contributed by atoms with van der Waals surface area (Å²) in [6.07, 6.45) is 0.0178. The maximum atomic E-state index is 12.6. The van der Waals surface area contributed by atoms with Crippen LogP contribution in [0.4, 0.5) is 4.79 Å². The van der Waals surface area contributed by atoms with Gasteiger partial charge in [-0.1, -0.05) is 55.5 Å². The van der Waals surface area contributed by atoms with Crippen molar-refractivity contribution in [3.05, 3.63) is 59.7 Å². The van der Waals surface area contributed by atoms with E-state index in [2.05, 4.69) is 43.7 Å². The zero-order valence-electron chi connectivity index (χ0n) is 17.7. The summed E-state index contributed by atoms with van der Waals surface area (Å²) in [7, 11) is 4.14. The number of benzene rings is 2. The Morgan fingerprint density at radius 1 is 1.10 bits per heavy atom. The molecular formula is C24H29N2O4+. The highest BCUT2D eigenvalue weighted by Crippen LogP contribution is 2.44. The summed E-state index contributed by atoms with van der Waals surface area (Å²) in [5.41, 5.74) is 4.13. The number of amides is 1. The van der Waals surface area contributed by atoms with E-state index >= 15 is 0 Å². The van der Waals surface area contributed by atoms with Crippen molar-refractivity contribution in [2.24, 2.45) is 5.41 Å². The van der Waals surface area contributed by atoms with Gasteiger partial charge in [-0.2, -0.15) is 0 Å². The van der Waals surface area contributed by atoms with E-state index in [4.69, 9.17) is 4.74 Å². The van der Waals surface area contributed by atoms with E-state index < -0.39 is 23.5 Å². The number of hydrogen-bond acceptors (Lipinski definition) is 3. The summed E-state index contributed by atoms with van der Waals surface area (Å²) in [6.45, 7) is 3.58. The molecule has 6 heteroatoms. The van der Waals surface area contributed by atoms with Gasteiger partial charge in [-0.05, 0) is 28.7 Å². The summed E-state index contributed by atoms with van der Waals surface area (Å²) >= 11 is 0. The normalized spacial score (nSPS) is 19.2. The summed E-state index contributed by atoms with van der Waals surface area (Å²) < 4.78 is 6.32. The highest BCUT2D eigenvalue weighted by Gasteiger charge is 2.58. The number of hydrogen-bond donors (Lipinski definition) is 2. The Morgan fingerprint density at radius 3 is 2.10 bits per heavy atom. The number of rotatable bonds is 6. The largest absolute Gasteiger partial charge is 0.480 e. The van der Waals surface area contributed by atoms with Crippen molar-refractivity contribution in [1.82, 2.24) is 5.32 Å². The zero-order chi connectivity index (χ0) is 21.5. The molecule has 2 aromatic rings. The summed E-state index contributed by atoms with van der Waals surface area (Å²) in [6, 6.07) is 15.3. The first-order valence-electron chi connectivity index (χ1n) is 10.4. The second kappa shape index (κ2) is 7.43. The molecule has 30 heavy (non-hydrogen) atoms. The SMILES string of the molecule is CCC1([C@@H](NC(=O)OCC2c3ccccc3-c3ccccc32)C(=O)O)C[N+](C)(C)C1. The monoisotopic (exact) mass is 409 g/mol. The van der Waals surface area contributed by atoms with Gasteiger partial charge in [0.2, 0.25) is 0 Å². The predicted octanol–water partition coefficient (Wildman–Crippen LogP) is 3.46. The smallest absolute Gasteiger partial charge is 0.407 e. The minimum absolute atomic E-state index is 0.0501. The lowest BCUT2D eigenvalue weighted by atomic mass is 9.70. The maximum absolute atomic E-state index is 12.6. The molecule has 1 fully saturated rings. The first kappa shape index (κ1) is 20.4. The van der Waals surface area contributed by atoms with Gasteiger partial charge in [0.1, 0.15) is 12.6 Å². The Labute approximate surface area is 177 Å². The van der Waals surface area contributed by atoms with Crippen LogP contribution in [0.25, 0.3) is 11.1 Å².